The second-order valence-electron chi connectivity index (χ2n) is 8.01. The Kier molecular flexibility index (Phi) is 8.91. The molecule has 0 bridgehead atoms. The van der Waals surface area contributed by atoms with Crippen LogP contribution >= 0.6 is 11.3 Å². The molecule has 0 radical (unpaired) electrons. The van der Waals surface area contributed by atoms with Gasteiger partial charge in [0.15, 0.2) is 0 Å². The van der Waals surface area contributed by atoms with Crippen molar-refractivity contribution in [1.82, 2.24) is 5.32 Å². The van der Waals surface area contributed by atoms with Crippen LogP contribution in [-0.2, 0) is 16.0 Å². The van der Waals surface area contributed by atoms with E-state index < -0.39 is 0 Å². The van der Waals surface area contributed by atoms with Gasteiger partial charge < -0.3 is 20.3 Å². The maximum Gasteiger partial charge on any atom is 0.253 e. The first-order valence-electron chi connectivity index (χ1n) is 11.1. The average Bonchev–Trinajstić information content (AvgIpc) is 3.27. The molecule has 0 aliphatic carbocycles. The lowest BCUT2D eigenvalue weighted by molar-refractivity contribution is -0.115. The third-order valence-corrected chi connectivity index (χ3v) is 6.40. The molecule has 2 aromatic rings. The summed E-state index contributed by atoms with van der Waals surface area (Å²) in [4.78, 5) is 28.7. The Morgan fingerprint density at radius 3 is 2.74 bits per heavy atom. The molecule has 1 aromatic carbocycles. The number of carbonyl (C=O) groups excluding carboxylic acids is 2. The van der Waals surface area contributed by atoms with E-state index in [2.05, 4.69) is 22.5 Å². The molecule has 1 aliphatic heterocycles. The van der Waals surface area contributed by atoms with Gasteiger partial charge in [-0.15, -0.1) is 11.3 Å². The van der Waals surface area contributed by atoms with Crippen molar-refractivity contribution in [2.45, 2.75) is 39.5 Å². The molecule has 0 spiro atoms. The van der Waals surface area contributed by atoms with Gasteiger partial charge in [-0.2, -0.15) is 0 Å². The fourth-order valence-electron chi connectivity index (χ4n) is 3.71. The second-order valence-corrected chi connectivity index (χ2v) is 9.04. The van der Waals surface area contributed by atoms with Crippen molar-refractivity contribution in [3.8, 4) is 0 Å². The average molecular weight is 444 g/mol. The van der Waals surface area contributed by atoms with Gasteiger partial charge in [-0.3, -0.25) is 9.59 Å². The van der Waals surface area contributed by atoms with E-state index in [-0.39, 0.29) is 11.8 Å². The maximum atomic E-state index is 13.0. The highest BCUT2D eigenvalue weighted by Gasteiger charge is 2.22. The minimum atomic E-state index is -0.112. The van der Waals surface area contributed by atoms with Crippen LogP contribution in [0, 0.1) is 5.92 Å². The SMILES string of the molecule is CCOCCCNC(=O)c1cc(NC(=O)Cc2cccs2)ccc1N1CCC(C)CC1. The first kappa shape index (κ1) is 23.3. The molecule has 1 saturated heterocycles. The van der Waals surface area contributed by atoms with Crippen LogP contribution in [0.3, 0.4) is 0 Å². The maximum absolute atomic E-state index is 13.0. The zero-order valence-corrected chi connectivity index (χ0v) is 19.3. The summed E-state index contributed by atoms with van der Waals surface area (Å²) in [7, 11) is 0. The molecule has 2 heterocycles. The van der Waals surface area contributed by atoms with Gasteiger partial charge in [0.1, 0.15) is 0 Å². The van der Waals surface area contributed by atoms with Crippen LogP contribution in [0.25, 0.3) is 0 Å². The molecule has 7 heteroatoms. The standard InChI is InChI=1S/C24H33N3O3S/c1-3-30-14-5-11-25-24(29)21-16-19(26-23(28)17-20-6-4-15-31-20)7-8-22(21)27-12-9-18(2)10-13-27/h4,6-8,15-16,18H,3,5,9-14,17H2,1-2H3,(H,25,29)(H,26,28). The molecule has 0 atom stereocenters. The topological polar surface area (TPSA) is 70.7 Å². The largest absolute Gasteiger partial charge is 0.382 e. The first-order chi connectivity index (χ1) is 15.1. The fourth-order valence-corrected chi connectivity index (χ4v) is 4.42. The lowest BCUT2D eigenvalue weighted by atomic mass is 9.97. The molecular formula is C24H33N3O3S. The van der Waals surface area contributed by atoms with Gasteiger partial charge in [0.2, 0.25) is 5.91 Å². The van der Waals surface area contributed by atoms with Crippen molar-refractivity contribution >= 4 is 34.5 Å². The summed E-state index contributed by atoms with van der Waals surface area (Å²) < 4.78 is 5.35. The van der Waals surface area contributed by atoms with Crippen molar-refractivity contribution in [3.63, 3.8) is 0 Å². The van der Waals surface area contributed by atoms with E-state index in [1.54, 1.807) is 17.4 Å². The second kappa shape index (κ2) is 11.9. The Morgan fingerprint density at radius 2 is 2.03 bits per heavy atom. The van der Waals surface area contributed by atoms with E-state index >= 15 is 0 Å². The van der Waals surface area contributed by atoms with Gasteiger partial charge in [0, 0.05) is 49.1 Å². The van der Waals surface area contributed by atoms with Gasteiger partial charge in [-0.25, -0.2) is 0 Å². The summed E-state index contributed by atoms with van der Waals surface area (Å²) in [5.74, 6) is 0.521. The van der Waals surface area contributed by atoms with Crippen molar-refractivity contribution in [2.24, 2.45) is 5.92 Å². The number of nitrogens with zero attached hydrogens (tertiary/aromatic N) is 1. The normalized spacial score (nSPS) is 14.5. The molecule has 3 rings (SSSR count). The van der Waals surface area contributed by atoms with E-state index in [1.165, 1.54) is 0 Å². The minimum absolute atomic E-state index is 0.0786. The fraction of sp³-hybridized carbons (Fsp3) is 0.500. The van der Waals surface area contributed by atoms with E-state index in [1.807, 2.05) is 36.6 Å². The number of amides is 2. The number of benzene rings is 1. The molecule has 168 valence electrons. The summed E-state index contributed by atoms with van der Waals surface area (Å²) >= 11 is 1.56. The Morgan fingerprint density at radius 1 is 1.23 bits per heavy atom. The third-order valence-electron chi connectivity index (χ3n) is 5.52. The first-order valence-corrected chi connectivity index (χ1v) is 12.0. The summed E-state index contributed by atoms with van der Waals surface area (Å²) in [5, 5.41) is 7.92. The van der Waals surface area contributed by atoms with Crippen LogP contribution in [-0.4, -0.2) is 44.7 Å². The Bertz CT molecular complexity index is 846. The number of piperidine rings is 1. The molecule has 0 unspecified atom stereocenters. The van der Waals surface area contributed by atoms with E-state index in [9.17, 15) is 9.59 Å². The summed E-state index contributed by atoms with van der Waals surface area (Å²) in [6.07, 6.45) is 3.35. The minimum Gasteiger partial charge on any atom is -0.382 e. The quantitative estimate of drug-likeness (QED) is 0.537. The zero-order chi connectivity index (χ0) is 22.1. The monoisotopic (exact) mass is 443 g/mol. The van der Waals surface area contributed by atoms with Crippen LogP contribution in [0.2, 0.25) is 0 Å². The Hall–Kier alpha value is -2.38. The van der Waals surface area contributed by atoms with Crippen LogP contribution in [0.1, 0.15) is 48.3 Å². The van der Waals surface area contributed by atoms with Crippen molar-refractivity contribution in [1.29, 1.82) is 0 Å². The molecule has 2 amide bonds. The Labute approximate surface area is 189 Å². The zero-order valence-electron chi connectivity index (χ0n) is 18.5. The highest BCUT2D eigenvalue weighted by Crippen LogP contribution is 2.29. The number of rotatable bonds is 10. The van der Waals surface area contributed by atoms with Gasteiger partial charge in [0.05, 0.1) is 12.0 Å². The number of hydrogen-bond donors (Lipinski definition) is 2. The van der Waals surface area contributed by atoms with E-state index in [0.29, 0.717) is 43.3 Å². The molecule has 1 fully saturated rings. The molecule has 0 saturated carbocycles. The van der Waals surface area contributed by atoms with Crippen molar-refractivity contribution in [3.05, 3.63) is 46.2 Å². The highest BCUT2D eigenvalue weighted by molar-refractivity contribution is 7.10. The van der Waals surface area contributed by atoms with Crippen LogP contribution in [0.15, 0.2) is 35.7 Å². The van der Waals surface area contributed by atoms with Crippen LogP contribution in [0.5, 0.6) is 0 Å². The number of carbonyl (C=O) groups is 2. The lowest BCUT2D eigenvalue weighted by Crippen LogP contribution is -2.35. The smallest absolute Gasteiger partial charge is 0.253 e. The van der Waals surface area contributed by atoms with Crippen LogP contribution in [0.4, 0.5) is 11.4 Å². The molecule has 31 heavy (non-hydrogen) atoms. The third kappa shape index (κ3) is 7.08. The van der Waals surface area contributed by atoms with E-state index in [0.717, 1.165) is 42.9 Å². The summed E-state index contributed by atoms with van der Waals surface area (Å²) in [6, 6.07) is 9.55. The molecule has 1 aromatic heterocycles. The van der Waals surface area contributed by atoms with E-state index in [4.69, 9.17) is 4.74 Å². The predicted octanol–water partition coefficient (Wildman–Crippen LogP) is 4.32. The van der Waals surface area contributed by atoms with Gasteiger partial charge >= 0.3 is 0 Å². The molecule has 2 N–H and O–H groups in total. The van der Waals surface area contributed by atoms with Gasteiger partial charge in [-0.1, -0.05) is 13.0 Å². The Balaban J connectivity index is 1.71. The van der Waals surface area contributed by atoms with Gasteiger partial charge in [0.25, 0.3) is 5.91 Å². The predicted molar refractivity (Wildman–Crippen MR) is 127 cm³/mol. The number of thiophene rings is 1. The highest BCUT2D eigenvalue weighted by atomic mass is 32.1. The van der Waals surface area contributed by atoms with Crippen molar-refractivity contribution < 1.29 is 14.3 Å². The number of nitrogens with one attached hydrogen (secondary N) is 2. The summed E-state index contributed by atoms with van der Waals surface area (Å²) in [5.41, 5.74) is 2.19. The number of hydrogen-bond acceptors (Lipinski definition) is 5. The molecular weight excluding hydrogens is 410 g/mol. The lowest BCUT2D eigenvalue weighted by Gasteiger charge is -2.33. The summed E-state index contributed by atoms with van der Waals surface area (Å²) in [6.45, 7) is 7.99. The molecule has 1 aliphatic rings. The van der Waals surface area contributed by atoms with Crippen LogP contribution < -0.4 is 15.5 Å². The van der Waals surface area contributed by atoms with Crippen molar-refractivity contribution in [2.75, 3.05) is 43.1 Å². The molecule has 6 nitrogen and oxygen atoms in total. The number of ether oxygens (including phenoxy) is 1. The number of anilines is 2. The van der Waals surface area contributed by atoms with Gasteiger partial charge in [-0.05, 0) is 61.7 Å².